The summed E-state index contributed by atoms with van der Waals surface area (Å²) in [5.41, 5.74) is 2.29. The molecule has 3 heterocycles. The van der Waals surface area contributed by atoms with Crippen LogP contribution in [-0.2, 0) is 11.8 Å². The highest BCUT2D eigenvalue weighted by Gasteiger charge is 2.50. The highest BCUT2D eigenvalue weighted by Crippen LogP contribution is 2.42. The number of anilines is 1. The second kappa shape index (κ2) is 6.21. The standard InChI is InChI=1S/C20H15F2N5O2/c1-26-8-11(7-25-26)10-4-13(21)17(14(22)5-10)18-19(28)20(29)27(18)12-2-3-15-16(6-12)24-9-23-15/h2-9,18-19,28H,1H3,(H,23,24). The van der Waals surface area contributed by atoms with Crippen LogP contribution in [-0.4, -0.2) is 36.9 Å². The Labute approximate surface area is 163 Å². The van der Waals surface area contributed by atoms with Gasteiger partial charge in [0, 0.05) is 30.1 Å². The Hall–Kier alpha value is -3.59. The van der Waals surface area contributed by atoms with E-state index in [0.717, 1.165) is 5.52 Å². The highest BCUT2D eigenvalue weighted by atomic mass is 19.1. The maximum atomic E-state index is 14.9. The Balaban J connectivity index is 1.57. The van der Waals surface area contributed by atoms with Crippen LogP contribution in [0.5, 0.6) is 0 Å². The largest absolute Gasteiger partial charge is 0.381 e. The number of halogens is 2. The summed E-state index contributed by atoms with van der Waals surface area (Å²) in [5, 5.41) is 14.2. The molecule has 0 aliphatic carbocycles. The Morgan fingerprint density at radius 3 is 2.59 bits per heavy atom. The molecular weight excluding hydrogens is 380 g/mol. The number of β-lactam (4-membered cyclic amide) rings is 1. The normalized spacial score (nSPS) is 19.0. The number of imidazole rings is 1. The number of hydrogen-bond donors (Lipinski definition) is 2. The smallest absolute Gasteiger partial charge is 0.259 e. The molecule has 0 bridgehead atoms. The monoisotopic (exact) mass is 395 g/mol. The SMILES string of the molecule is Cn1cc(-c2cc(F)c(C3C(O)C(=O)N3c3ccc4[nH]cnc4c3)c(F)c2)cn1. The molecule has 7 nitrogen and oxygen atoms in total. The molecule has 2 N–H and O–H groups in total. The van der Waals surface area contributed by atoms with Gasteiger partial charge in [0.25, 0.3) is 5.91 Å². The van der Waals surface area contributed by atoms with Crippen molar-refractivity contribution in [2.24, 2.45) is 7.05 Å². The van der Waals surface area contributed by atoms with Crippen molar-refractivity contribution in [2.45, 2.75) is 12.1 Å². The number of aryl methyl sites for hydroxylation is 1. The van der Waals surface area contributed by atoms with Crippen LogP contribution in [0.1, 0.15) is 11.6 Å². The summed E-state index contributed by atoms with van der Waals surface area (Å²) in [6.07, 6.45) is 3.12. The maximum Gasteiger partial charge on any atom is 0.259 e. The van der Waals surface area contributed by atoms with Gasteiger partial charge in [-0.15, -0.1) is 0 Å². The molecule has 2 aromatic heterocycles. The van der Waals surface area contributed by atoms with Crippen LogP contribution >= 0.6 is 0 Å². The molecule has 0 radical (unpaired) electrons. The summed E-state index contributed by atoms with van der Waals surface area (Å²) in [6.45, 7) is 0. The van der Waals surface area contributed by atoms with Gasteiger partial charge in [-0.25, -0.2) is 13.8 Å². The van der Waals surface area contributed by atoms with Crippen molar-refractivity contribution in [3.63, 3.8) is 0 Å². The van der Waals surface area contributed by atoms with E-state index in [1.165, 1.54) is 34.2 Å². The van der Waals surface area contributed by atoms with Crippen molar-refractivity contribution in [3.05, 3.63) is 66.3 Å². The lowest BCUT2D eigenvalue weighted by molar-refractivity contribution is -0.137. The lowest BCUT2D eigenvalue weighted by Crippen LogP contribution is -2.59. The molecule has 5 rings (SSSR count). The minimum absolute atomic E-state index is 0.321. The van der Waals surface area contributed by atoms with Gasteiger partial charge in [-0.2, -0.15) is 5.10 Å². The number of carbonyl (C=O) groups excluding carboxylic acids is 1. The zero-order valence-corrected chi connectivity index (χ0v) is 15.2. The van der Waals surface area contributed by atoms with Gasteiger partial charge in [0.2, 0.25) is 0 Å². The van der Waals surface area contributed by atoms with Crippen molar-refractivity contribution in [1.82, 2.24) is 19.7 Å². The average Bonchev–Trinajstić information content (AvgIpc) is 3.34. The molecule has 4 aromatic rings. The first kappa shape index (κ1) is 17.5. The molecule has 9 heteroatoms. The molecule has 2 unspecified atom stereocenters. The van der Waals surface area contributed by atoms with E-state index in [1.807, 2.05) is 0 Å². The summed E-state index contributed by atoms with van der Waals surface area (Å²) >= 11 is 0. The average molecular weight is 395 g/mol. The van der Waals surface area contributed by atoms with Crippen LogP contribution in [0, 0.1) is 11.6 Å². The van der Waals surface area contributed by atoms with Gasteiger partial charge in [0.15, 0.2) is 6.10 Å². The maximum absolute atomic E-state index is 14.9. The van der Waals surface area contributed by atoms with E-state index in [9.17, 15) is 18.7 Å². The molecular formula is C20H15F2N5O2. The Morgan fingerprint density at radius 2 is 1.90 bits per heavy atom. The van der Waals surface area contributed by atoms with Crippen molar-refractivity contribution in [3.8, 4) is 11.1 Å². The number of H-pyrrole nitrogens is 1. The van der Waals surface area contributed by atoms with Crippen LogP contribution in [0.25, 0.3) is 22.2 Å². The van der Waals surface area contributed by atoms with Gasteiger partial charge in [-0.3, -0.25) is 14.4 Å². The molecule has 1 fully saturated rings. The van der Waals surface area contributed by atoms with Crippen molar-refractivity contribution in [1.29, 1.82) is 0 Å². The minimum atomic E-state index is -1.53. The third-order valence-electron chi connectivity index (χ3n) is 5.16. The van der Waals surface area contributed by atoms with Crippen LogP contribution in [0.4, 0.5) is 14.5 Å². The Bertz CT molecular complexity index is 1240. The van der Waals surface area contributed by atoms with Gasteiger partial charge in [-0.05, 0) is 35.9 Å². The fourth-order valence-corrected chi connectivity index (χ4v) is 3.72. The number of aliphatic hydroxyl groups excluding tert-OH is 1. The number of nitrogens with one attached hydrogen (secondary N) is 1. The number of aliphatic hydroxyl groups is 1. The molecule has 2 atom stereocenters. The van der Waals surface area contributed by atoms with E-state index in [1.54, 1.807) is 31.4 Å². The Kier molecular flexibility index (Phi) is 3.75. The molecule has 0 saturated carbocycles. The van der Waals surface area contributed by atoms with Crippen molar-refractivity contribution >= 4 is 22.6 Å². The summed E-state index contributed by atoms with van der Waals surface area (Å²) in [4.78, 5) is 20.6. The third kappa shape index (κ3) is 2.62. The van der Waals surface area contributed by atoms with Crippen LogP contribution < -0.4 is 4.90 Å². The first-order chi connectivity index (χ1) is 13.9. The number of hydrogen-bond acceptors (Lipinski definition) is 4. The second-order valence-corrected chi connectivity index (χ2v) is 6.96. The van der Waals surface area contributed by atoms with E-state index < -0.39 is 29.7 Å². The first-order valence-electron chi connectivity index (χ1n) is 8.86. The van der Waals surface area contributed by atoms with Gasteiger partial charge >= 0.3 is 0 Å². The Morgan fingerprint density at radius 1 is 1.14 bits per heavy atom. The molecule has 1 saturated heterocycles. The molecule has 2 aromatic carbocycles. The van der Waals surface area contributed by atoms with Gasteiger partial charge in [0.05, 0.1) is 23.6 Å². The number of amides is 1. The van der Waals surface area contributed by atoms with E-state index in [2.05, 4.69) is 15.1 Å². The van der Waals surface area contributed by atoms with Crippen molar-refractivity contribution in [2.75, 3.05) is 4.90 Å². The molecule has 29 heavy (non-hydrogen) atoms. The number of aromatic nitrogens is 4. The second-order valence-electron chi connectivity index (χ2n) is 6.96. The van der Waals surface area contributed by atoms with Gasteiger partial charge < -0.3 is 10.1 Å². The molecule has 1 amide bonds. The van der Waals surface area contributed by atoms with Crippen molar-refractivity contribution < 1.29 is 18.7 Å². The lowest BCUT2D eigenvalue weighted by Gasteiger charge is -2.44. The summed E-state index contributed by atoms with van der Waals surface area (Å²) in [6, 6.07) is 6.17. The van der Waals surface area contributed by atoms with E-state index in [4.69, 9.17) is 0 Å². The third-order valence-corrected chi connectivity index (χ3v) is 5.16. The number of aromatic amines is 1. The van der Waals surface area contributed by atoms with Gasteiger partial charge in [0.1, 0.15) is 17.7 Å². The first-order valence-corrected chi connectivity index (χ1v) is 8.86. The highest BCUT2D eigenvalue weighted by molar-refractivity contribution is 6.05. The zero-order valence-electron chi connectivity index (χ0n) is 15.2. The lowest BCUT2D eigenvalue weighted by atomic mass is 9.88. The fraction of sp³-hybridized carbons (Fsp3) is 0.150. The minimum Gasteiger partial charge on any atom is -0.381 e. The molecule has 0 spiro atoms. The van der Waals surface area contributed by atoms with Gasteiger partial charge in [-0.1, -0.05) is 0 Å². The summed E-state index contributed by atoms with van der Waals surface area (Å²) in [7, 11) is 1.70. The number of benzene rings is 2. The zero-order chi connectivity index (χ0) is 20.3. The molecule has 146 valence electrons. The summed E-state index contributed by atoms with van der Waals surface area (Å²) < 4.78 is 31.4. The van der Waals surface area contributed by atoms with Crippen LogP contribution in [0.3, 0.4) is 0 Å². The fourth-order valence-electron chi connectivity index (χ4n) is 3.72. The number of carbonyl (C=O) groups is 1. The predicted octanol–water partition coefficient (Wildman–Crippen LogP) is 2.69. The molecule has 1 aliphatic rings. The van der Waals surface area contributed by atoms with E-state index in [0.29, 0.717) is 22.3 Å². The molecule has 1 aliphatic heterocycles. The van der Waals surface area contributed by atoms with Crippen LogP contribution in [0.15, 0.2) is 49.1 Å². The number of rotatable bonds is 3. The van der Waals surface area contributed by atoms with Crippen LogP contribution in [0.2, 0.25) is 0 Å². The quantitative estimate of drug-likeness (QED) is 0.522. The predicted molar refractivity (Wildman–Crippen MR) is 101 cm³/mol. The van der Waals surface area contributed by atoms with E-state index in [-0.39, 0.29) is 5.56 Å². The summed E-state index contributed by atoms with van der Waals surface area (Å²) in [5.74, 6) is -2.31. The number of fused-ring (bicyclic) bond motifs is 1. The van der Waals surface area contributed by atoms with E-state index >= 15 is 0 Å². The number of nitrogens with zero attached hydrogens (tertiary/aromatic N) is 4. The topological polar surface area (TPSA) is 87.0 Å².